The molecule has 0 spiro atoms. The molecule has 10 heavy (non-hydrogen) atoms. The Morgan fingerprint density at radius 3 is 2.70 bits per heavy atom. The summed E-state index contributed by atoms with van der Waals surface area (Å²) in [5, 5.41) is 10.3. The Morgan fingerprint density at radius 1 is 1.60 bits per heavy atom. The molecule has 58 valence electrons. The summed E-state index contributed by atoms with van der Waals surface area (Å²) >= 11 is 0. The highest BCUT2D eigenvalue weighted by Gasteiger charge is 2.34. The van der Waals surface area contributed by atoms with Gasteiger partial charge in [-0.15, -0.1) is 0 Å². The molecule has 0 amide bonds. The maximum Gasteiger partial charge on any atom is 0.217 e. The first-order valence-corrected chi connectivity index (χ1v) is 3.59. The van der Waals surface area contributed by atoms with Gasteiger partial charge in [0.2, 0.25) is 6.04 Å². The van der Waals surface area contributed by atoms with Crippen molar-refractivity contribution in [3.05, 3.63) is 10.1 Å². The largest absolute Gasteiger partial charge is 0.330 e. The molecule has 0 bridgehead atoms. The van der Waals surface area contributed by atoms with E-state index in [4.69, 9.17) is 5.73 Å². The van der Waals surface area contributed by atoms with E-state index < -0.39 is 0 Å². The van der Waals surface area contributed by atoms with Gasteiger partial charge in [-0.1, -0.05) is 0 Å². The minimum Gasteiger partial charge on any atom is -0.330 e. The summed E-state index contributed by atoms with van der Waals surface area (Å²) in [5.41, 5.74) is 5.36. The van der Waals surface area contributed by atoms with Gasteiger partial charge in [0.1, 0.15) is 0 Å². The maximum atomic E-state index is 10.3. The van der Waals surface area contributed by atoms with Crippen LogP contribution in [0.5, 0.6) is 0 Å². The van der Waals surface area contributed by atoms with E-state index in [1.54, 1.807) is 0 Å². The number of nitrogens with zero attached hydrogens (tertiary/aromatic N) is 1. The molecule has 0 aromatic heterocycles. The van der Waals surface area contributed by atoms with Crippen LogP contribution in [0.4, 0.5) is 0 Å². The lowest BCUT2D eigenvalue weighted by Crippen LogP contribution is -2.29. The third kappa shape index (κ3) is 1.26. The van der Waals surface area contributed by atoms with Crippen molar-refractivity contribution < 1.29 is 4.92 Å². The van der Waals surface area contributed by atoms with Crippen molar-refractivity contribution >= 4 is 0 Å². The molecule has 0 heterocycles. The van der Waals surface area contributed by atoms with Gasteiger partial charge < -0.3 is 5.73 Å². The van der Waals surface area contributed by atoms with Crippen LogP contribution in [-0.2, 0) is 0 Å². The first kappa shape index (κ1) is 7.47. The zero-order chi connectivity index (χ0) is 7.56. The van der Waals surface area contributed by atoms with E-state index in [-0.39, 0.29) is 16.9 Å². The molecule has 1 aliphatic rings. The third-order valence-electron chi connectivity index (χ3n) is 2.19. The van der Waals surface area contributed by atoms with Gasteiger partial charge in [-0.25, -0.2) is 0 Å². The van der Waals surface area contributed by atoms with Crippen molar-refractivity contribution in [2.75, 3.05) is 6.54 Å². The molecule has 4 nitrogen and oxygen atoms in total. The highest BCUT2D eigenvalue weighted by Crippen LogP contribution is 2.26. The average Bonchev–Trinajstić information content (AvgIpc) is 2.33. The van der Waals surface area contributed by atoms with Crippen LogP contribution >= 0.6 is 0 Å². The molecule has 0 aliphatic heterocycles. The summed E-state index contributed by atoms with van der Waals surface area (Å²) in [7, 11) is 0. The topological polar surface area (TPSA) is 69.2 Å². The Bertz CT molecular complexity index is 138. The number of rotatable bonds is 2. The van der Waals surface area contributed by atoms with Crippen LogP contribution in [0, 0.1) is 16.0 Å². The van der Waals surface area contributed by atoms with Gasteiger partial charge in [-0.3, -0.25) is 10.1 Å². The van der Waals surface area contributed by atoms with Crippen LogP contribution in [0.3, 0.4) is 0 Å². The van der Waals surface area contributed by atoms with Crippen molar-refractivity contribution in [2.45, 2.75) is 25.3 Å². The highest BCUT2D eigenvalue weighted by molar-refractivity contribution is 4.77. The molecule has 4 heteroatoms. The molecule has 0 saturated heterocycles. The molecule has 2 N–H and O–H groups in total. The lowest BCUT2D eigenvalue weighted by Gasteiger charge is -2.08. The van der Waals surface area contributed by atoms with Crippen LogP contribution in [-0.4, -0.2) is 17.5 Å². The van der Waals surface area contributed by atoms with E-state index in [1.165, 1.54) is 0 Å². The molecular weight excluding hydrogens is 132 g/mol. The van der Waals surface area contributed by atoms with Crippen LogP contribution in [0.25, 0.3) is 0 Å². The fourth-order valence-electron chi connectivity index (χ4n) is 1.57. The monoisotopic (exact) mass is 144 g/mol. The summed E-state index contributed by atoms with van der Waals surface area (Å²) in [6, 6.07) is -0.356. The predicted molar refractivity (Wildman–Crippen MR) is 37.2 cm³/mol. The van der Waals surface area contributed by atoms with Gasteiger partial charge in [0.05, 0.1) is 0 Å². The lowest BCUT2D eigenvalue weighted by molar-refractivity contribution is -0.528. The lowest BCUT2D eigenvalue weighted by atomic mass is 10.1. The van der Waals surface area contributed by atoms with E-state index >= 15 is 0 Å². The number of nitrogens with two attached hydrogens (primary N) is 1. The second-order valence-corrected chi connectivity index (χ2v) is 2.78. The maximum absolute atomic E-state index is 10.3. The molecule has 2 unspecified atom stereocenters. The standard InChI is InChI=1S/C6H12N2O2/c7-4-5-2-1-3-6(5)8(9)10/h5-6H,1-4,7H2. The van der Waals surface area contributed by atoms with Crippen LogP contribution < -0.4 is 5.73 Å². The fraction of sp³-hybridized carbons (Fsp3) is 1.00. The molecule has 1 fully saturated rings. The Balaban J connectivity index is 2.50. The number of nitro groups is 1. The Labute approximate surface area is 59.6 Å². The number of hydrogen-bond donors (Lipinski definition) is 1. The van der Waals surface area contributed by atoms with Gasteiger partial charge in [0, 0.05) is 23.8 Å². The highest BCUT2D eigenvalue weighted by atomic mass is 16.6. The molecule has 0 radical (unpaired) electrons. The minimum atomic E-state index is -0.356. The van der Waals surface area contributed by atoms with Crippen LogP contribution in [0.15, 0.2) is 0 Å². The van der Waals surface area contributed by atoms with Crippen LogP contribution in [0.1, 0.15) is 19.3 Å². The summed E-state index contributed by atoms with van der Waals surface area (Å²) in [6.07, 6.45) is 2.62. The van der Waals surface area contributed by atoms with E-state index in [9.17, 15) is 10.1 Å². The zero-order valence-corrected chi connectivity index (χ0v) is 5.82. The quantitative estimate of drug-likeness (QED) is 0.450. The second-order valence-electron chi connectivity index (χ2n) is 2.78. The molecule has 1 saturated carbocycles. The van der Waals surface area contributed by atoms with Crippen molar-refractivity contribution in [2.24, 2.45) is 11.7 Å². The fourth-order valence-corrected chi connectivity index (χ4v) is 1.57. The van der Waals surface area contributed by atoms with E-state index in [1.807, 2.05) is 0 Å². The predicted octanol–water partition coefficient (Wildman–Crippen LogP) is 0.391. The van der Waals surface area contributed by atoms with Crippen molar-refractivity contribution in [1.82, 2.24) is 0 Å². The van der Waals surface area contributed by atoms with Crippen LogP contribution in [0.2, 0.25) is 0 Å². The third-order valence-corrected chi connectivity index (χ3v) is 2.19. The van der Waals surface area contributed by atoms with Gasteiger partial charge in [0.25, 0.3) is 0 Å². The Morgan fingerprint density at radius 2 is 2.30 bits per heavy atom. The molecule has 0 aromatic carbocycles. The van der Waals surface area contributed by atoms with Gasteiger partial charge in [0.15, 0.2) is 0 Å². The van der Waals surface area contributed by atoms with Gasteiger partial charge >= 0.3 is 0 Å². The summed E-state index contributed by atoms with van der Waals surface area (Å²) < 4.78 is 0. The average molecular weight is 144 g/mol. The molecule has 0 aromatic rings. The van der Waals surface area contributed by atoms with Gasteiger partial charge in [-0.05, 0) is 12.8 Å². The minimum absolute atomic E-state index is 0.134. The molecule has 2 atom stereocenters. The summed E-state index contributed by atoms with van der Waals surface area (Å²) in [6.45, 7) is 0.464. The van der Waals surface area contributed by atoms with E-state index in [0.29, 0.717) is 6.54 Å². The number of hydrogen-bond acceptors (Lipinski definition) is 3. The van der Waals surface area contributed by atoms with Crippen molar-refractivity contribution in [3.8, 4) is 0 Å². The molecule has 1 rings (SSSR count). The van der Waals surface area contributed by atoms with Gasteiger partial charge in [-0.2, -0.15) is 0 Å². The Hall–Kier alpha value is -0.640. The molecular formula is C6H12N2O2. The van der Waals surface area contributed by atoms with Crippen molar-refractivity contribution in [3.63, 3.8) is 0 Å². The first-order valence-electron chi connectivity index (χ1n) is 3.59. The van der Waals surface area contributed by atoms with E-state index in [2.05, 4.69) is 0 Å². The summed E-state index contributed by atoms with van der Waals surface area (Å²) in [4.78, 5) is 10.1. The molecule has 1 aliphatic carbocycles. The SMILES string of the molecule is NCC1CCCC1[N+](=O)[O-]. The Kier molecular flexibility index (Phi) is 2.21. The smallest absolute Gasteiger partial charge is 0.217 e. The summed E-state index contributed by atoms with van der Waals surface area (Å²) in [5.74, 6) is 0.134. The first-order chi connectivity index (χ1) is 4.75. The van der Waals surface area contributed by atoms with Crippen molar-refractivity contribution in [1.29, 1.82) is 0 Å². The normalized spacial score (nSPS) is 32.5. The van der Waals surface area contributed by atoms with E-state index in [0.717, 1.165) is 19.3 Å². The zero-order valence-electron chi connectivity index (χ0n) is 5.82. The second kappa shape index (κ2) is 2.96.